The van der Waals surface area contributed by atoms with Gasteiger partial charge in [0.05, 0.1) is 18.7 Å². The van der Waals surface area contributed by atoms with Crippen molar-refractivity contribution in [3.63, 3.8) is 0 Å². The van der Waals surface area contributed by atoms with Gasteiger partial charge in [0, 0.05) is 18.3 Å². The summed E-state index contributed by atoms with van der Waals surface area (Å²) < 4.78 is 5.78. The number of aromatic nitrogens is 3. The average molecular weight is 462 g/mol. The lowest BCUT2D eigenvalue weighted by atomic mass is 9.87. The monoisotopic (exact) mass is 461 g/mol. The number of ether oxygens (including phenoxy) is 1. The van der Waals surface area contributed by atoms with Crippen LogP contribution in [0.1, 0.15) is 35.6 Å². The minimum Gasteiger partial charge on any atom is -0.492 e. The molecule has 0 atom stereocenters. The van der Waals surface area contributed by atoms with E-state index in [4.69, 9.17) is 9.72 Å². The first-order chi connectivity index (χ1) is 16.7. The zero-order valence-corrected chi connectivity index (χ0v) is 19.4. The summed E-state index contributed by atoms with van der Waals surface area (Å²) in [6.07, 6.45) is 1.85. The molecule has 1 aromatic carbocycles. The quantitative estimate of drug-likeness (QED) is 0.339. The van der Waals surface area contributed by atoms with Gasteiger partial charge in [0.1, 0.15) is 30.1 Å². The molecule has 1 saturated heterocycles. The van der Waals surface area contributed by atoms with Gasteiger partial charge in [-0.3, -0.25) is 5.10 Å². The van der Waals surface area contributed by atoms with Gasteiger partial charge in [0.2, 0.25) is 0 Å². The summed E-state index contributed by atoms with van der Waals surface area (Å²) in [4.78, 5) is 6.95. The molecule has 1 fully saturated rings. The van der Waals surface area contributed by atoms with Crippen molar-refractivity contribution in [1.29, 1.82) is 5.26 Å². The van der Waals surface area contributed by atoms with E-state index in [0.29, 0.717) is 42.7 Å². The average Bonchev–Trinajstić information content (AvgIpc) is 3.27. The van der Waals surface area contributed by atoms with Gasteiger partial charge in [0.25, 0.3) is 0 Å². The first-order valence-corrected chi connectivity index (χ1v) is 11.6. The van der Waals surface area contributed by atoms with Gasteiger partial charge < -0.3 is 25.4 Å². The maximum atomic E-state index is 10.0. The highest BCUT2D eigenvalue weighted by molar-refractivity contribution is 5.64. The topological polar surface area (TPSA) is 122 Å². The zero-order valence-electron chi connectivity index (χ0n) is 19.4. The van der Waals surface area contributed by atoms with Crippen molar-refractivity contribution in [1.82, 2.24) is 20.1 Å². The van der Waals surface area contributed by atoms with E-state index in [0.717, 1.165) is 42.9 Å². The number of aliphatic hydroxyl groups excluding tert-OH is 1. The van der Waals surface area contributed by atoms with Crippen LogP contribution in [0.4, 0.5) is 17.5 Å². The molecule has 0 saturated carbocycles. The molecule has 4 rings (SSSR count). The van der Waals surface area contributed by atoms with Gasteiger partial charge in [0.15, 0.2) is 5.82 Å². The number of aryl methyl sites for hydroxylation is 1. The number of β-amino-alcohol motifs (C(OH)–C–C–N with tert-alkyl or cyclic N) is 1. The summed E-state index contributed by atoms with van der Waals surface area (Å²) in [6, 6.07) is 15.9. The Morgan fingerprint density at radius 1 is 1.21 bits per heavy atom. The lowest BCUT2D eigenvalue weighted by Gasteiger charge is -2.32. The number of para-hydroxylation sites is 1. The third kappa shape index (κ3) is 6.04. The van der Waals surface area contributed by atoms with Crippen LogP contribution in [-0.4, -0.2) is 64.6 Å². The van der Waals surface area contributed by atoms with Gasteiger partial charge in [-0.15, -0.1) is 0 Å². The van der Waals surface area contributed by atoms with Gasteiger partial charge in [-0.1, -0.05) is 18.2 Å². The molecule has 0 bridgehead atoms. The Balaban J connectivity index is 1.53. The number of hydrogen-bond acceptors (Lipinski definition) is 8. The Kier molecular flexibility index (Phi) is 7.96. The second kappa shape index (κ2) is 11.5. The lowest BCUT2D eigenvalue weighted by Crippen LogP contribution is -2.35. The number of nitriles is 1. The highest BCUT2D eigenvalue weighted by Crippen LogP contribution is 2.34. The molecule has 34 heavy (non-hydrogen) atoms. The Morgan fingerprint density at radius 3 is 2.68 bits per heavy atom. The Morgan fingerprint density at radius 2 is 2.00 bits per heavy atom. The van der Waals surface area contributed by atoms with Crippen molar-refractivity contribution in [2.24, 2.45) is 0 Å². The minimum atomic E-state index is 0.166. The molecular weight excluding hydrogens is 430 g/mol. The van der Waals surface area contributed by atoms with Gasteiger partial charge in [-0.2, -0.15) is 10.4 Å². The van der Waals surface area contributed by atoms with E-state index < -0.39 is 0 Å². The fourth-order valence-corrected chi connectivity index (χ4v) is 4.27. The normalized spacial score (nSPS) is 14.5. The maximum Gasteiger partial charge on any atom is 0.153 e. The van der Waals surface area contributed by atoms with Crippen molar-refractivity contribution in [2.45, 2.75) is 25.7 Å². The van der Waals surface area contributed by atoms with Crippen LogP contribution in [0.15, 0.2) is 42.5 Å². The van der Waals surface area contributed by atoms with Crippen LogP contribution < -0.4 is 15.4 Å². The second-order valence-electron chi connectivity index (χ2n) is 8.42. The summed E-state index contributed by atoms with van der Waals surface area (Å²) in [7, 11) is 0. The highest BCUT2D eigenvalue weighted by Gasteiger charge is 2.25. The predicted octanol–water partition coefficient (Wildman–Crippen LogP) is 3.39. The first kappa shape index (κ1) is 23.5. The van der Waals surface area contributed by atoms with E-state index in [1.54, 1.807) is 0 Å². The molecule has 3 heterocycles. The molecule has 0 amide bonds. The Labute approximate surface area is 199 Å². The SMILES string of the molecule is Cc1cc(Nc2cc(C3CCN(CCO)CC3)c(C#N)c(NCCOc3ccccc3)n2)n[nH]1. The van der Waals surface area contributed by atoms with Crippen LogP contribution in [0.5, 0.6) is 5.75 Å². The van der Waals surface area contributed by atoms with E-state index in [9.17, 15) is 10.4 Å². The molecule has 3 aromatic rings. The molecule has 0 aliphatic carbocycles. The summed E-state index contributed by atoms with van der Waals surface area (Å²) in [6.45, 7) is 5.54. The van der Waals surface area contributed by atoms with E-state index in [-0.39, 0.29) is 12.5 Å². The van der Waals surface area contributed by atoms with Crippen LogP contribution in [0, 0.1) is 18.3 Å². The van der Waals surface area contributed by atoms with E-state index in [1.807, 2.05) is 49.4 Å². The van der Waals surface area contributed by atoms with Crippen molar-refractivity contribution >= 4 is 17.5 Å². The molecule has 9 nitrogen and oxygen atoms in total. The van der Waals surface area contributed by atoms with Crippen molar-refractivity contribution in [2.75, 3.05) is 50.0 Å². The number of piperidine rings is 1. The third-order valence-electron chi connectivity index (χ3n) is 5.97. The van der Waals surface area contributed by atoms with Crippen LogP contribution in [-0.2, 0) is 0 Å². The van der Waals surface area contributed by atoms with Gasteiger partial charge >= 0.3 is 0 Å². The number of hydrogen-bond donors (Lipinski definition) is 4. The molecule has 9 heteroatoms. The number of aliphatic hydroxyl groups is 1. The molecule has 0 radical (unpaired) electrons. The summed E-state index contributed by atoms with van der Waals surface area (Å²) in [5.41, 5.74) is 2.51. The van der Waals surface area contributed by atoms with Crippen LogP contribution in [0.25, 0.3) is 0 Å². The number of nitrogens with zero attached hydrogens (tertiary/aromatic N) is 4. The predicted molar refractivity (Wildman–Crippen MR) is 131 cm³/mol. The molecule has 0 spiro atoms. The number of anilines is 3. The number of aromatic amines is 1. The fraction of sp³-hybridized carbons (Fsp3) is 0.400. The van der Waals surface area contributed by atoms with Gasteiger partial charge in [-0.25, -0.2) is 4.98 Å². The largest absolute Gasteiger partial charge is 0.492 e. The summed E-state index contributed by atoms with van der Waals surface area (Å²) >= 11 is 0. The van der Waals surface area contributed by atoms with Crippen molar-refractivity contribution in [3.05, 3.63) is 59.3 Å². The Bertz CT molecular complexity index is 1100. The molecule has 4 N–H and O–H groups in total. The maximum absolute atomic E-state index is 10.0. The number of likely N-dealkylation sites (tertiary alicyclic amines) is 1. The summed E-state index contributed by atoms with van der Waals surface area (Å²) in [5, 5.41) is 33.0. The Hall–Kier alpha value is -3.61. The van der Waals surface area contributed by atoms with Crippen molar-refractivity contribution < 1.29 is 9.84 Å². The number of nitrogens with one attached hydrogen (secondary N) is 3. The smallest absolute Gasteiger partial charge is 0.153 e. The molecule has 1 aliphatic rings. The molecule has 0 unspecified atom stereocenters. The highest BCUT2D eigenvalue weighted by atomic mass is 16.5. The minimum absolute atomic E-state index is 0.166. The van der Waals surface area contributed by atoms with E-state index in [2.05, 4.69) is 31.8 Å². The molecule has 178 valence electrons. The third-order valence-corrected chi connectivity index (χ3v) is 5.97. The second-order valence-corrected chi connectivity index (χ2v) is 8.42. The van der Waals surface area contributed by atoms with Crippen LogP contribution in [0.2, 0.25) is 0 Å². The summed E-state index contributed by atoms with van der Waals surface area (Å²) in [5.74, 6) is 2.92. The number of rotatable bonds is 10. The lowest BCUT2D eigenvalue weighted by molar-refractivity contribution is 0.164. The molecule has 1 aliphatic heterocycles. The standard InChI is InChI=1S/C25H31N7O2/c1-18-15-24(31-30-18)28-23-16-21(19-7-10-32(11-8-19)12-13-33)22(17-26)25(29-23)27-9-14-34-20-5-3-2-4-6-20/h2-6,15-16,19,33H,7-14H2,1H3,(H3,27,28,29,30,31). The van der Waals surface area contributed by atoms with Crippen LogP contribution in [0.3, 0.4) is 0 Å². The molecular formula is C25H31N7O2. The number of benzene rings is 1. The van der Waals surface area contributed by atoms with Crippen LogP contribution >= 0.6 is 0 Å². The number of pyridine rings is 1. The first-order valence-electron chi connectivity index (χ1n) is 11.6. The van der Waals surface area contributed by atoms with E-state index in [1.165, 1.54) is 0 Å². The van der Waals surface area contributed by atoms with Crippen molar-refractivity contribution in [3.8, 4) is 11.8 Å². The number of H-pyrrole nitrogens is 1. The fourth-order valence-electron chi connectivity index (χ4n) is 4.27. The zero-order chi connectivity index (χ0) is 23.8. The van der Waals surface area contributed by atoms with E-state index >= 15 is 0 Å². The molecule has 2 aromatic heterocycles. The van der Waals surface area contributed by atoms with Gasteiger partial charge in [-0.05, 0) is 62.5 Å².